The van der Waals surface area contributed by atoms with Crippen LogP contribution in [-0.4, -0.2) is 5.11 Å². The minimum Gasteiger partial charge on any atom is -0.399 e. The lowest BCUT2D eigenvalue weighted by atomic mass is 9.88. The minimum absolute atomic E-state index is 0.356. The molecule has 2 heteroatoms. The van der Waals surface area contributed by atoms with Crippen molar-refractivity contribution in [1.29, 1.82) is 0 Å². The van der Waals surface area contributed by atoms with Crippen molar-refractivity contribution in [3.8, 4) is 0 Å². The highest BCUT2D eigenvalue weighted by molar-refractivity contribution is 5.50. The third kappa shape index (κ3) is 1.68. The van der Waals surface area contributed by atoms with Crippen molar-refractivity contribution in [2.45, 2.75) is 30.8 Å². The van der Waals surface area contributed by atoms with E-state index < -0.39 is 5.60 Å². The first kappa shape index (κ1) is 12.0. The van der Waals surface area contributed by atoms with Crippen LogP contribution in [0.4, 0.5) is 5.69 Å². The Morgan fingerprint density at radius 2 is 1.90 bits per heavy atom. The summed E-state index contributed by atoms with van der Waals surface area (Å²) in [5.74, 6) is 0.861. The van der Waals surface area contributed by atoms with Crippen molar-refractivity contribution < 1.29 is 5.11 Å². The molecule has 2 nitrogen and oxygen atoms in total. The van der Waals surface area contributed by atoms with Crippen LogP contribution in [0.15, 0.2) is 48.5 Å². The van der Waals surface area contributed by atoms with Crippen LogP contribution >= 0.6 is 0 Å². The molecule has 2 aromatic carbocycles. The Morgan fingerprint density at radius 1 is 1.10 bits per heavy atom. The van der Waals surface area contributed by atoms with Crippen molar-refractivity contribution in [2.75, 3.05) is 5.73 Å². The van der Waals surface area contributed by atoms with Crippen LogP contribution in [0, 0.1) is 5.92 Å². The SMILES string of the molecule is Nc1ccc2c(c1)CCC2(O)C1CC1c1ccccc1. The van der Waals surface area contributed by atoms with Gasteiger partial charge in [0.25, 0.3) is 0 Å². The largest absolute Gasteiger partial charge is 0.399 e. The van der Waals surface area contributed by atoms with E-state index in [1.165, 1.54) is 11.1 Å². The second kappa shape index (κ2) is 4.10. The maximum atomic E-state index is 11.2. The van der Waals surface area contributed by atoms with Gasteiger partial charge in [0.2, 0.25) is 0 Å². The van der Waals surface area contributed by atoms with Crippen LogP contribution < -0.4 is 5.73 Å². The third-order valence-electron chi connectivity index (χ3n) is 5.00. The van der Waals surface area contributed by atoms with Gasteiger partial charge < -0.3 is 10.8 Å². The smallest absolute Gasteiger partial charge is 0.0936 e. The van der Waals surface area contributed by atoms with Gasteiger partial charge in [0.05, 0.1) is 5.60 Å². The highest BCUT2D eigenvalue weighted by Gasteiger charge is 2.55. The maximum absolute atomic E-state index is 11.2. The van der Waals surface area contributed by atoms with E-state index >= 15 is 0 Å². The lowest BCUT2D eigenvalue weighted by molar-refractivity contribution is 0.0129. The van der Waals surface area contributed by atoms with Gasteiger partial charge in [-0.25, -0.2) is 0 Å². The Bertz CT molecular complexity index is 652. The lowest BCUT2D eigenvalue weighted by Gasteiger charge is -2.25. The number of nitrogen functional groups attached to an aromatic ring is 1. The van der Waals surface area contributed by atoms with Crippen molar-refractivity contribution in [3.63, 3.8) is 0 Å². The van der Waals surface area contributed by atoms with Crippen LogP contribution in [0.25, 0.3) is 0 Å². The van der Waals surface area contributed by atoms with Crippen molar-refractivity contribution in [3.05, 3.63) is 65.2 Å². The zero-order valence-electron chi connectivity index (χ0n) is 11.4. The first-order valence-electron chi connectivity index (χ1n) is 7.35. The molecule has 0 aliphatic heterocycles. The number of rotatable bonds is 2. The first-order valence-corrected chi connectivity index (χ1v) is 7.35. The maximum Gasteiger partial charge on any atom is 0.0936 e. The van der Waals surface area contributed by atoms with Crippen molar-refractivity contribution >= 4 is 5.69 Å². The Labute approximate surface area is 119 Å². The van der Waals surface area contributed by atoms with E-state index in [0.717, 1.165) is 30.5 Å². The number of nitrogens with two attached hydrogens (primary N) is 1. The summed E-state index contributed by atoms with van der Waals surface area (Å²) in [5.41, 5.74) is 9.68. The molecule has 2 aliphatic carbocycles. The molecule has 1 fully saturated rings. The van der Waals surface area contributed by atoms with Gasteiger partial charge in [0, 0.05) is 5.69 Å². The lowest BCUT2D eigenvalue weighted by Crippen LogP contribution is -2.25. The zero-order valence-corrected chi connectivity index (χ0v) is 11.4. The van der Waals surface area contributed by atoms with Gasteiger partial charge in [0.1, 0.15) is 0 Å². The van der Waals surface area contributed by atoms with E-state index in [1.807, 2.05) is 24.3 Å². The van der Waals surface area contributed by atoms with Crippen molar-refractivity contribution in [1.82, 2.24) is 0 Å². The Kier molecular flexibility index (Phi) is 2.45. The van der Waals surface area contributed by atoms with E-state index in [0.29, 0.717) is 11.8 Å². The normalized spacial score (nSPS) is 31.1. The van der Waals surface area contributed by atoms with E-state index in [-0.39, 0.29) is 0 Å². The summed E-state index contributed by atoms with van der Waals surface area (Å²) in [6, 6.07) is 16.5. The molecule has 20 heavy (non-hydrogen) atoms. The third-order valence-corrected chi connectivity index (χ3v) is 5.00. The molecule has 3 atom stereocenters. The van der Waals surface area contributed by atoms with E-state index in [2.05, 4.69) is 24.3 Å². The summed E-state index contributed by atoms with van der Waals surface area (Å²) in [5, 5.41) is 11.2. The van der Waals surface area contributed by atoms with Crippen LogP contribution in [0.1, 0.15) is 35.4 Å². The van der Waals surface area contributed by atoms with Crippen molar-refractivity contribution in [2.24, 2.45) is 5.92 Å². The molecule has 0 saturated heterocycles. The van der Waals surface area contributed by atoms with E-state index in [1.54, 1.807) is 0 Å². The second-order valence-corrected chi connectivity index (χ2v) is 6.20. The summed E-state index contributed by atoms with van der Waals surface area (Å²) in [4.78, 5) is 0. The average Bonchev–Trinajstić information content (AvgIpc) is 3.21. The van der Waals surface area contributed by atoms with Gasteiger partial charge in [-0.05, 0) is 59.9 Å². The molecule has 0 radical (unpaired) electrons. The molecular weight excluding hydrogens is 246 g/mol. The van der Waals surface area contributed by atoms with Gasteiger partial charge in [-0.15, -0.1) is 0 Å². The summed E-state index contributed by atoms with van der Waals surface area (Å²) in [6.07, 6.45) is 2.86. The fourth-order valence-corrected chi connectivity index (χ4v) is 3.88. The molecule has 2 aliphatic rings. The van der Waals surface area contributed by atoms with Crippen LogP contribution in [0.2, 0.25) is 0 Å². The quantitative estimate of drug-likeness (QED) is 0.819. The van der Waals surface area contributed by atoms with Gasteiger partial charge in [-0.2, -0.15) is 0 Å². The minimum atomic E-state index is -0.649. The Balaban J connectivity index is 1.65. The van der Waals surface area contributed by atoms with Gasteiger partial charge in [0.15, 0.2) is 0 Å². The standard InChI is InChI=1S/C18H19NO/c19-14-6-7-16-13(10-14)8-9-18(16,20)17-11-15(17)12-4-2-1-3-5-12/h1-7,10,15,17,20H,8-9,11,19H2. The highest BCUT2D eigenvalue weighted by Crippen LogP contribution is 2.60. The Hall–Kier alpha value is -1.80. The van der Waals surface area contributed by atoms with Gasteiger partial charge in [-0.1, -0.05) is 36.4 Å². The van der Waals surface area contributed by atoms with Crippen LogP contribution in [-0.2, 0) is 12.0 Å². The topological polar surface area (TPSA) is 46.2 Å². The number of hydrogen-bond donors (Lipinski definition) is 2. The molecule has 1 saturated carbocycles. The monoisotopic (exact) mass is 265 g/mol. The molecule has 4 rings (SSSR count). The van der Waals surface area contributed by atoms with E-state index in [4.69, 9.17) is 5.73 Å². The van der Waals surface area contributed by atoms with Gasteiger partial charge in [-0.3, -0.25) is 0 Å². The number of fused-ring (bicyclic) bond motifs is 1. The van der Waals surface area contributed by atoms with Crippen LogP contribution in [0.3, 0.4) is 0 Å². The first-order chi connectivity index (χ1) is 9.68. The molecule has 2 aromatic rings. The summed E-state index contributed by atoms with van der Waals surface area (Å²) in [7, 11) is 0. The molecule has 102 valence electrons. The predicted octanol–water partition coefficient (Wildman–Crippen LogP) is 3.21. The highest BCUT2D eigenvalue weighted by atomic mass is 16.3. The summed E-state index contributed by atoms with van der Waals surface area (Å²) < 4.78 is 0. The molecule has 3 unspecified atom stereocenters. The summed E-state index contributed by atoms with van der Waals surface area (Å²) >= 11 is 0. The number of anilines is 1. The second-order valence-electron chi connectivity index (χ2n) is 6.20. The molecular formula is C18H19NO. The molecule has 0 amide bonds. The molecule has 0 spiro atoms. The molecule has 0 heterocycles. The number of aryl methyl sites for hydroxylation is 1. The molecule has 0 bridgehead atoms. The van der Waals surface area contributed by atoms with E-state index in [9.17, 15) is 5.11 Å². The summed E-state index contributed by atoms with van der Waals surface area (Å²) in [6.45, 7) is 0. The van der Waals surface area contributed by atoms with Crippen LogP contribution in [0.5, 0.6) is 0 Å². The number of benzene rings is 2. The Morgan fingerprint density at radius 3 is 2.70 bits per heavy atom. The fourth-order valence-electron chi connectivity index (χ4n) is 3.88. The van der Waals surface area contributed by atoms with Gasteiger partial charge >= 0.3 is 0 Å². The predicted molar refractivity (Wildman–Crippen MR) is 80.4 cm³/mol. The zero-order chi connectivity index (χ0) is 13.7. The average molecular weight is 265 g/mol. The molecule has 3 N–H and O–H groups in total. The molecule has 0 aromatic heterocycles. The fraction of sp³-hybridized carbons (Fsp3) is 0.333. The number of aliphatic hydroxyl groups is 1. The number of hydrogen-bond acceptors (Lipinski definition) is 2.